The van der Waals surface area contributed by atoms with Crippen LogP contribution in [0.2, 0.25) is 5.02 Å². The zero-order chi connectivity index (χ0) is 21.5. The van der Waals surface area contributed by atoms with E-state index in [-0.39, 0.29) is 27.0 Å². The number of carbonyl (C=O) groups excluding carboxylic acids is 3. The molecule has 1 aromatic carbocycles. The number of rotatable bonds is 5. The monoisotopic (exact) mass is 442 g/mol. The maximum atomic E-state index is 11.9. The lowest BCUT2D eigenvalue weighted by molar-refractivity contribution is -0.176. The molecule has 28 heavy (non-hydrogen) atoms. The number of ketones is 2. The Morgan fingerprint density at radius 1 is 1.21 bits per heavy atom. The largest absolute Gasteiger partial charge is 0.411 e. The van der Waals surface area contributed by atoms with Gasteiger partial charge in [0, 0.05) is 29.7 Å². The molecule has 0 bridgehead atoms. The quantitative estimate of drug-likeness (QED) is 0.514. The van der Waals surface area contributed by atoms with Crippen molar-refractivity contribution in [1.82, 2.24) is 0 Å². The van der Waals surface area contributed by atoms with Crippen LogP contribution in [0.3, 0.4) is 0 Å². The maximum absolute atomic E-state index is 11.9. The van der Waals surface area contributed by atoms with Gasteiger partial charge in [0.1, 0.15) is 18.8 Å². The smallest absolute Gasteiger partial charge is 0.367 e. The van der Waals surface area contributed by atoms with Crippen LogP contribution in [0.25, 0.3) is 0 Å². The molecular weight excluding hydrogens is 425 g/mol. The summed E-state index contributed by atoms with van der Waals surface area (Å²) in [4.78, 5) is 31.6. The topological polar surface area (TPSA) is 94.6 Å². The first-order valence-electron chi connectivity index (χ1n) is 7.99. The van der Waals surface area contributed by atoms with E-state index in [9.17, 15) is 36.0 Å². The first-order chi connectivity index (χ1) is 12.9. The third-order valence-electron chi connectivity index (χ3n) is 3.66. The van der Waals surface area contributed by atoms with Gasteiger partial charge < -0.3 is 9.53 Å². The number of hydrogen-bond donors (Lipinski definition) is 0. The molecule has 0 atom stereocenters. The molecule has 2 rings (SSSR count). The molecule has 0 radical (unpaired) electrons. The fraction of sp³-hybridized carbons (Fsp3) is 0.471. The van der Waals surface area contributed by atoms with Crippen LogP contribution < -0.4 is 0 Å². The standard InChI is InChI=1S/C10H10ClF3O3S.C7H8O3/c1-18(15,16)9-4-2-3-8(11)7(9)5-17-6-10(12,13)14;8-4-5-6(9)2-1-3-7(5)10/h2-4H,5-6H2,1H3;4-5H,1-3H2. The minimum Gasteiger partial charge on any atom is -0.367 e. The van der Waals surface area contributed by atoms with E-state index >= 15 is 0 Å². The maximum Gasteiger partial charge on any atom is 0.411 e. The van der Waals surface area contributed by atoms with E-state index in [2.05, 4.69) is 4.74 Å². The Hall–Kier alpha value is -1.78. The first-order valence-corrected chi connectivity index (χ1v) is 10.3. The third-order valence-corrected chi connectivity index (χ3v) is 5.20. The Labute approximate surface area is 164 Å². The average Bonchev–Trinajstić information content (AvgIpc) is 2.55. The van der Waals surface area contributed by atoms with Gasteiger partial charge in [-0.15, -0.1) is 0 Å². The van der Waals surface area contributed by atoms with Gasteiger partial charge in [-0.2, -0.15) is 13.2 Å². The number of alkyl halides is 3. The van der Waals surface area contributed by atoms with Crippen LogP contribution in [-0.4, -0.2) is 45.3 Å². The predicted molar refractivity (Wildman–Crippen MR) is 93.7 cm³/mol. The molecular formula is C17H18ClF3O6S. The summed E-state index contributed by atoms with van der Waals surface area (Å²) in [5, 5.41) is 0.0556. The van der Waals surface area contributed by atoms with Gasteiger partial charge in [0.15, 0.2) is 21.4 Å². The number of benzene rings is 1. The molecule has 156 valence electrons. The second kappa shape index (κ2) is 10.1. The molecule has 1 aromatic rings. The van der Waals surface area contributed by atoms with Crippen LogP contribution in [0.4, 0.5) is 13.2 Å². The van der Waals surface area contributed by atoms with Gasteiger partial charge in [-0.05, 0) is 18.6 Å². The molecule has 1 aliphatic rings. The Bertz CT molecular complexity index is 820. The molecule has 0 N–H and O–H groups in total. The second-order valence-electron chi connectivity index (χ2n) is 6.00. The van der Waals surface area contributed by atoms with E-state index < -0.39 is 35.1 Å². The minimum absolute atomic E-state index is 0.0333. The summed E-state index contributed by atoms with van der Waals surface area (Å²) in [6, 6.07) is 4.07. The SMILES string of the molecule is CS(=O)(=O)c1cccc(Cl)c1COCC(F)(F)F.O=CC1C(=O)CCCC1=O. The summed E-state index contributed by atoms with van der Waals surface area (Å²) in [6.45, 7) is -1.97. The molecule has 0 aromatic heterocycles. The first kappa shape index (κ1) is 24.3. The Morgan fingerprint density at radius 2 is 1.79 bits per heavy atom. The van der Waals surface area contributed by atoms with Gasteiger partial charge in [0.2, 0.25) is 0 Å². The molecule has 6 nitrogen and oxygen atoms in total. The molecule has 0 heterocycles. The Kier molecular flexibility index (Phi) is 8.77. The van der Waals surface area contributed by atoms with Crippen LogP contribution in [0, 0.1) is 5.92 Å². The van der Waals surface area contributed by atoms with Crippen LogP contribution in [-0.2, 0) is 35.6 Å². The molecule has 0 saturated heterocycles. The number of Topliss-reactive ketones (excluding diaryl/α,β-unsaturated/α-hetero) is 2. The molecule has 0 amide bonds. The van der Waals surface area contributed by atoms with Gasteiger partial charge in [0.25, 0.3) is 0 Å². The van der Waals surface area contributed by atoms with E-state index in [0.29, 0.717) is 25.5 Å². The number of carbonyl (C=O) groups is 3. The van der Waals surface area contributed by atoms with Crippen molar-refractivity contribution in [1.29, 1.82) is 0 Å². The van der Waals surface area contributed by atoms with Crippen LogP contribution >= 0.6 is 11.6 Å². The summed E-state index contributed by atoms with van der Waals surface area (Å²) < 4.78 is 63.0. The highest BCUT2D eigenvalue weighted by molar-refractivity contribution is 7.90. The number of ether oxygens (including phenoxy) is 1. The zero-order valence-electron chi connectivity index (χ0n) is 14.8. The van der Waals surface area contributed by atoms with Gasteiger partial charge in [0.05, 0.1) is 11.5 Å². The molecule has 0 unspecified atom stereocenters. The van der Waals surface area contributed by atoms with Crippen molar-refractivity contribution < 1.29 is 40.7 Å². The summed E-state index contributed by atoms with van der Waals surface area (Å²) in [6.07, 6.45) is -1.69. The van der Waals surface area contributed by atoms with Gasteiger partial charge in [-0.25, -0.2) is 8.42 Å². The van der Waals surface area contributed by atoms with E-state index in [4.69, 9.17) is 11.6 Å². The van der Waals surface area contributed by atoms with Gasteiger partial charge in [-0.3, -0.25) is 9.59 Å². The normalized spacial score (nSPS) is 15.8. The van der Waals surface area contributed by atoms with Crippen molar-refractivity contribution in [3.05, 3.63) is 28.8 Å². The van der Waals surface area contributed by atoms with Crippen molar-refractivity contribution in [3.8, 4) is 0 Å². The van der Waals surface area contributed by atoms with Crippen molar-refractivity contribution in [3.63, 3.8) is 0 Å². The summed E-state index contributed by atoms with van der Waals surface area (Å²) >= 11 is 5.76. The highest BCUT2D eigenvalue weighted by Gasteiger charge is 2.29. The van der Waals surface area contributed by atoms with Crippen molar-refractivity contribution in [2.45, 2.75) is 36.9 Å². The second-order valence-corrected chi connectivity index (χ2v) is 8.39. The molecule has 1 saturated carbocycles. The van der Waals surface area contributed by atoms with Gasteiger partial charge >= 0.3 is 6.18 Å². The van der Waals surface area contributed by atoms with Gasteiger partial charge in [-0.1, -0.05) is 17.7 Å². The van der Waals surface area contributed by atoms with E-state index in [1.807, 2.05) is 0 Å². The summed E-state index contributed by atoms with van der Waals surface area (Å²) in [7, 11) is -3.57. The van der Waals surface area contributed by atoms with Crippen molar-refractivity contribution in [2.24, 2.45) is 5.92 Å². The third kappa shape index (κ3) is 7.69. The van der Waals surface area contributed by atoms with Crippen LogP contribution in [0.1, 0.15) is 24.8 Å². The Balaban J connectivity index is 0.000000330. The molecule has 0 aliphatic heterocycles. The fourth-order valence-corrected chi connectivity index (χ4v) is 3.60. The number of hydrogen-bond acceptors (Lipinski definition) is 6. The molecule has 11 heteroatoms. The lowest BCUT2D eigenvalue weighted by atomic mass is 9.88. The van der Waals surface area contributed by atoms with E-state index in [1.165, 1.54) is 18.2 Å². The molecule has 1 aliphatic carbocycles. The lowest BCUT2D eigenvalue weighted by Gasteiger charge is -2.12. The Morgan fingerprint density at radius 3 is 2.21 bits per heavy atom. The number of halogens is 4. The lowest BCUT2D eigenvalue weighted by Crippen LogP contribution is -2.29. The predicted octanol–water partition coefficient (Wildman–Crippen LogP) is 2.95. The van der Waals surface area contributed by atoms with Crippen molar-refractivity contribution >= 4 is 39.3 Å². The molecule has 0 spiro atoms. The van der Waals surface area contributed by atoms with Crippen molar-refractivity contribution in [2.75, 3.05) is 12.9 Å². The van der Waals surface area contributed by atoms with Crippen LogP contribution in [0.5, 0.6) is 0 Å². The van der Waals surface area contributed by atoms with E-state index in [1.54, 1.807) is 0 Å². The minimum atomic E-state index is -4.47. The molecule has 1 fully saturated rings. The fourth-order valence-electron chi connectivity index (χ4n) is 2.37. The average molecular weight is 443 g/mol. The van der Waals surface area contributed by atoms with Crippen LogP contribution in [0.15, 0.2) is 23.1 Å². The highest BCUT2D eigenvalue weighted by atomic mass is 35.5. The van der Waals surface area contributed by atoms with E-state index in [0.717, 1.165) is 6.26 Å². The summed E-state index contributed by atoms with van der Waals surface area (Å²) in [5.74, 6) is -1.37. The highest BCUT2D eigenvalue weighted by Crippen LogP contribution is 2.25. The number of sulfone groups is 1. The number of aldehydes is 1. The zero-order valence-corrected chi connectivity index (χ0v) is 16.4. The summed E-state index contributed by atoms with van der Waals surface area (Å²) in [5.41, 5.74) is 0.0333.